The van der Waals surface area contributed by atoms with E-state index in [-0.39, 0.29) is 17.1 Å². The molecule has 3 rings (SSSR count). The third-order valence-corrected chi connectivity index (χ3v) is 5.72. The number of esters is 1. The minimum Gasteiger partial charge on any atom is -0.505 e. The summed E-state index contributed by atoms with van der Waals surface area (Å²) in [5.74, 6) is -0.0466. The van der Waals surface area contributed by atoms with Crippen molar-refractivity contribution in [1.82, 2.24) is 15.0 Å². The predicted octanol–water partition coefficient (Wildman–Crippen LogP) is 5.90. The van der Waals surface area contributed by atoms with Gasteiger partial charge in [0.15, 0.2) is 0 Å². The molecule has 0 fully saturated rings. The first-order valence-electron chi connectivity index (χ1n) is 12.0. The summed E-state index contributed by atoms with van der Waals surface area (Å²) >= 11 is 0. The quantitative estimate of drug-likeness (QED) is 0.224. The number of hydrogen-bond donors (Lipinski definition) is 1. The number of aromatic nitrogens is 3. The van der Waals surface area contributed by atoms with Gasteiger partial charge in [0.2, 0.25) is 0 Å². The zero-order chi connectivity index (χ0) is 23.8. The van der Waals surface area contributed by atoms with Crippen molar-refractivity contribution in [3.63, 3.8) is 0 Å². The molecule has 1 aromatic heterocycles. The molecule has 33 heavy (non-hydrogen) atoms. The van der Waals surface area contributed by atoms with Crippen LogP contribution in [-0.2, 0) is 21.4 Å². The number of nitrogens with zero attached hydrogens (tertiary/aromatic N) is 3. The summed E-state index contributed by atoms with van der Waals surface area (Å²) in [4.78, 5) is 13.7. The second-order valence-electron chi connectivity index (χ2n) is 9.59. The molecule has 1 heterocycles. The highest BCUT2D eigenvalue weighted by Crippen LogP contribution is 2.36. The molecule has 6 nitrogen and oxygen atoms in total. The first kappa shape index (κ1) is 24.6. The van der Waals surface area contributed by atoms with Crippen molar-refractivity contribution in [3.8, 4) is 11.4 Å². The Morgan fingerprint density at radius 3 is 2.30 bits per heavy atom. The van der Waals surface area contributed by atoms with E-state index >= 15 is 0 Å². The Morgan fingerprint density at radius 1 is 1.03 bits per heavy atom. The summed E-state index contributed by atoms with van der Waals surface area (Å²) in [6.07, 6.45) is 11.2. The van der Waals surface area contributed by atoms with Crippen LogP contribution in [0.4, 0.5) is 0 Å². The second kappa shape index (κ2) is 11.2. The number of ether oxygens (including phenoxy) is 1. The van der Waals surface area contributed by atoms with E-state index < -0.39 is 0 Å². The first-order chi connectivity index (χ1) is 15.8. The number of carbonyl (C=O) groups excluding carboxylic acids is 1. The summed E-state index contributed by atoms with van der Waals surface area (Å²) < 4.78 is 5.42. The van der Waals surface area contributed by atoms with Gasteiger partial charge in [-0.25, -0.2) is 0 Å². The zero-order valence-corrected chi connectivity index (χ0v) is 20.3. The van der Waals surface area contributed by atoms with Crippen LogP contribution in [0.15, 0.2) is 23.6 Å². The SMILES string of the molecule is CCCCCCCCOC(=O)CCc1cc(-n2nc3c(n2)C=C=C=C3)c(O)c(C(C)(C)C)c1. The maximum Gasteiger partial charge on any atom is 0.306 e. The van der Waals surface area contributed by atoms with E-state index in [2.05, 4.69) is 28.6 Å². The molecule has 0 atom stereocenters. The number of phenols is 1. The number of rotatable bonds is 11. The van der Waals surface area contributed by atoms with Crippen LogP contribution in [0.3, 0.4) is 0 Å². The van der Waals surface area contributed by atoms with E-state index in [1.165, 1.54) is 30.5 Å². The van der Waals surface area contributed by atoms with Crippen LogP contribution in [0.1, 0.15) is 95.2 Å². The van der Waals surface area contributed by atoms with Gasteiger partial charge < -0.3 is 9.84 Å². The van der Waals surface area contributed by atoms with E-state index in [1.54, 1.807) is 12.2 Å². The number of fused-ring (bicyclic) bond motifs is 1. The molecule has 2 aromatic rings. The van der Waals surface area contributed by atoms with Crippen molar-refractivity contribution in [2.75, 3.05) is 6.61 Å². The molecule has 0 aliphatic heterocycles. The lowest BCUT2D eigenvalue weighted by atomic mass is 9.84. The standard InChI is InChI=1S/C27H35N3O3/c1-5-6-7-8-9-12-17-33-25(31)16-15-20-18-21(27(2,3)4)26(32)24(19-20)30-28-22-13-10-11-14-23(22)29-30/h13-14,18-19,32H,5-9,12,15-17H2,1-4H3. The largest absolute Gasteiger partial charge is 0.505 e. The maximum absolute atomic E-state index is 12.3. The first-order valence-corrected chi connectivity index (χ1v) is 12.0. The number of benzene rings is 1. The molecule has 0 spiro atoms. The Hall–Kier alpha value is -3.07. The molecule has 1 N–H and O–H groups in total. The van der Waals surface area contributed by atoms with E-state index in [0.29, 0.717) is 36.5 Å². The number of carbonyl (C=O) groups is 1. The number of phenolic OH excluding ortho intramolecular Hbond substituents is 1. The lowest BCUT2D eigenvalue weighted by Gasteiger charge is -2.23. The summed E-state index contributed by atoms with van der Waals surface area (Å²) in [7, 11) is 0. The molecule has 0 amide bonds. The summed E-state index contributed by atoms with van der Waals surface area (Å²) in [5, 5.41) is 20.0. The van der Waals surface area contributed by atoms with Crippen molar-refractivity contribution >= 4 is 18.1 Å². The molecule has 176 valence electrons. The van der Waals surface area contributed by atoms with Crippen LogP contribution in [0.5, 0.6) is 5.75 Å². The van der Waals surface area contributed by atoms with Gasteiger partial charge in [-0.1, -0.05) is 77.3 Å². The van der Waals surface area contributed by atoms with Gasteiger partial charge in [0.1, 0.15) is 22.8 Å². The van der Waals surface area contributed by atoms with Crippen LogP contribution in [0, 0.1) is 0 Å². The van der Waals surface area contributed by atoms with Crippen molar-refractivity contribution in [3.05, 3.63) is 46.1 Å². The van der Waals surface area contributed by atoms with Gasteiger partial charge in [-0.3, -0.25) is 4.79 Å². The van der Waals surface area contributed by atoms with Crippen LogP contribution < -0.4 is 0 Å². The third kappa shape index (κ3) is 6.71. The van der Waals surface area contributed by atoms with Crippen LogP contribution in [0.2, 0.25) is 0 Å². The number of aromatic hydroxyl groups is 1. The average Bonchev–Trinajstić information content (AvgIpc) is 3.21. The molecule has 1 aliphatic rings. The molecule has 6 heteroatoms. The lowest BCUT2D eigenvalue weighted by molar-refractivity contribution is -0.143. The predicted molar refractivity (Wildman–Crippen MR) is 130 cm³/mol. The fourth-order valence-corrected chi connectivity index (χ4v) is 3.80. The molecule has 0 saturated carbocycles. The minimum atomic E-state index is -0.290. The Labute approximate surface area is 196 Å². The van der Waals surface area contributed by atoms with Crippen molar-refractivity contribution in [1.29, 1.82) is 0 Å². The summed E-state index contributed by atoms with van der Waals surface area (Å²) in [6.45, 7) is 8.81. The van der Waals surface area contributed by atoms with E-state index in [1.807, 2.05) is 32.9 Å². The van der Waals surface area contributed by atoms with Gasteiger partial charge in [0.25, 0.3) is 0 Å². The van der Waals surface area contributed by atoms with Crippen molar-refractivity contribution < 1.29 is 14.6 Å². The molecule has 1 aromatic carbocycles. The smallest absolute Gasteiger partial charge is 0.306 e. The van der Waals surface area contributed by atoms with Gasteiger partial charge in [-0.15, -0.1) is 15.0 Å². The Kier molecular flexibility index (Phi) is 8.32. The van der Waals surface area contributed by atoms with E-state index in [9.17, 15) is 9.90 Å². The Bertz CT molecular complexity index is 1050. The number of hydrogen-bond acceptors (Lipinski definition) is 5. The highest BCUT2D eigenvalue weighted by molar-refractivity contribution is 5.70. The maximum atomic E-state index is 12.3. The monoisotopic (exact) mass is 449 g/mol. The van der Waals surface area contributed by atoms with Gasteiger partial charge >= 0.3 is 5.97 Å². The number of unbranched alkanes of at least 4 members (excludes halogenated alkanes) is 5. The normalized spacial score (nSPS) is 12.2. The van der Waals surface area contributed by atoms with Gasteiger partial charge in [0, 0.05) is 24.1 Å². The highest BCUT2D eigenvalue weighted by Gasteiger charge is 2.24. The van der Waals surface area contributed by atoms with Gasteiger partial charge in [-0.05, 0) is 29.9 Å². The Balaban J connectivity index is 1.68. The van der Waals surface area contributed by atoms with Gasteiger partial charge in [0.05, 0.1) is 6.61 Å². The molecule has 0 unspecified atom stereocenters. The van der Waals surface area contributed by atoms with Gasteiger partial charge in [-0.2, -0.15) is 0 Å². The van der Waals surface area contributed by atoms with Crippen LogP contribution in [-0.4, -0.2) is 32.7 Å². The minimum absolute atomic E-state index is 0.144. The highest BCUT2D eigenvalue weighted by atomic mass is 16.5. The van der Waals surface area contributed by atoms with Crippen molar-refractivity contribution in [2.24, 2.45) is 0 Å². The summed E-state index contributed by atoms with van der Waals surface area (Å²) in [5.41, 5.74) is 9.02. The Morgan fingerprint density at radius 2 is 1.67 bits per heavy atom. The second-order valence-corrected chi connectivity index (χ2v) is 9.59. The van der Waals surface area contributed by atoms with Crippen LogP contribution in [0.25, 0.3) is 17.8 Å². The molecule has 1 aliphatic carbocycles. The molecule has 0 saturated heterocycles. The van der Waals surface area contributed by atoms with Crippen molar-refractivity contribution in [2.45, 2.75) is 84.5 Å². The molecule has 0 radical (unpaired) electrons. The third-order valence-electron chi connectivity index (χ3n) is 5.72. The lowest BCUT2D eigenvalue weighted by Crippen LogP contribution is -2.14. The molecule has 0 bridgehead atoms. The number of aryl methyl sites for hydroxylation is 1. The fraction of sp³-hybridized carbons (Fsp3) is 0.519. The topological polar surface area (TPSA) is 77.2 Å². The average molecular weight is 450 g/mol. The zero-order valence-electron chi connectivity index (χ0n) is 20.3. The summed E-state index contributed by atoms with van der Waals surface area (Å²) in [6, 6.07) is 3.81. The van der Waals surface area contributed by atoms with E-state index in [0.717, 1.165) is 24.0 Å². The fourth-order valence-electron chi connectivity index (χ4n) is 3.80. The van der Waals surface area contributed by atoms with Crippen LogP contribution >= 0.6 is 0 Å². The van der Waals surface area contributed by atoms with E-state index in [4.69, 9.17) is 4.74 Å². The molecular formula is C27H35N3O3. The molecular weight excluding hydrogens is 414 g/mol.